The summed E-state index contributed by atoms with van der Waals surface area (Å²) in [5.41, 5.74) is 23.5. The average molecular weight is 1030 g/mol. The van der Waals surface area contributed by atoms with E-state index < -0.39 is 0 Å². The fraction of sp³-hybridized carbons (Fsp3) is 0.0781. The van der Waals surface area contributed by atoms with Crippen LogP contribution in [0.25, 0.3) is 106 Å². The van der Waals surface area contributed by atoms with Crippen LogP contribution in [-0.4, -0.2) is 9.55 Å². The SMILES string of the molecule is [Ir].[c-]1ccc(-c2ccc(-c3ccccc3)c(-c3ccc4c(c3)C3(CCCC3)c3cc(-c5ccc(-n6c7ccccc7c7ccccc76)cc5-c5ccccc5)ccc3-4)c2)cc1-c1ccccn1. The van der Waals surface area contributed by atoms with Crippen LogP contribution in [0.15, 0.2) is 225 Å². The zero-order valence-electron chi connectivity index (χ0n) is 36.9. The van der Waals surface area contributed by atoms with Gasteiger partial charge in [0.1, 0.15) is 0 Å². The van der Waals surface area contributed by atoms with E-state index in [1.807, 2.05) is 24.4 Å². The predicted molar refractivity (Wildman–Crippen MR) is 275 cm³/mol. The number of para-hydroxylation sites is 2. The van der Waals surface area contributed by atoms with E-state index in [2.05, 4.69) is 216 Å². The Balaban J connectivity index is 0.00000468. The van der Waals surface area contributed by atoms with Crippen LogP contribution in [0.2, 0.25) is 0 Å². The van der Waals surface area contributed by atoms with Gasteiger partial charge in [0, 0.05) is 48.2 Å². The first-order valence-corrected chi connectivity index (χ1v) is 23.3. The second kappa shape index (κ2) is 16.8. The molecule has 1 spiro atoms. The first-order chi connectivity index (χ1) is 32.7. The summed E-state index contributed by atoms with van der Waals surface area (Å²) >= 11 is 0. The maximum absolute atomic E-state index is 4.63. The fourth-order valence-electron chi connectivity index (χ4n) is 11.5. The number of rotatable bonds is 7. The molecule has 0 amide bonds. The van der Waals surface area contributed by atoms with Crippen LogP contribution in [0, 0.1) is 6.07 Å². The van der Waals surface area contributed by atoms with Gasteiger partial charge in [-0.3, -0.25) is 0 Å². The van der Waals surface area contributed by atoms with Gasteiger partial charge in [0.15, 0.2) is 0 Å². The van der Waals surface area contributed by atoms with Gasteiger partial charge in [-0.1, -0.05) is 165 Å². The van der Waals surface area contributed by atoms with Gasteiger partial charge in [-0.15, -0.1) is 35.4 Å². The quantitative estimate of drug-likeness (QED) is 0.146. The molecule has 0 atom stereocenters. The van der Waals surface area contributed by atoms with Gasteiger partial charge >= 0.3 is 0 Å². The summed E-state index contributed by atoms with van der Waals surface area (Å²) in [7, 11) is 0. The van der Waals surface area contributed by atoms with Crippen LogP contribution in [-0.2, 0) is 25.5 Å². The Kier molecular flexibility index (Phi) is 10.3. The normalized spacial score (nSPS) is 13.4. The standard InChI is InChI=1S/C64H45N2.Ir/c1-3-16-43(17-4-1)51-31-27-46(45-20-15-21-49(38-45)61-24-11-14-37-65-61)39-57(51)48-29-33-54-53-32-28-47(40-59(53)64(60(54)41-48)35-12-13-36-64)52-34-30-50(42-58(52)44-18-5-2-6-19-44)66-62-25-9-7-22-55(62)56-23-8-10-26-63(56)66;/h1-11,14-20,22-34,37-42H,12-13,35-36H2;/q-1;. The molecule has 1 saturated carbocycles. The Labute approximate surface area is 405 Å². The topological polar surface area (TPSA) is 17.8 Å². The van der Waals surface area contributed by atoms with Gasteiger partial charge in [0.05, 0.1) is 11.0 Å². The molecule has 2 aromatic heterocycles. The third-order valence-electron chi connectivity index (χ3n) is 14.5. The molecule has 0 saturated heterocycles. The van der Waals surface area contributed by atoms with E-state index in [0.717, 1.165) is 29.7 Å². The summed E-state index contributed by atoms with van der Waals surface area (Å²) in [6.45, 7) is 0. The Morgan fingerprint density at radius 1 is 0.403 bits per heavy atom. The molecule has 2 nitrogen and oxygen atoms in total. The van der Waals surface area contributed by atoms with E-state index in [4.69, 9.17) is 0 Å². The largest absolute Gasteiger partial charge is 0.309 e. The van der Waals surface area contributed by atoms with Crippen LogP contribution >= 0.6 is 0 Å². The molecule has 0 bridgehead atoms. The predicted octanol–water partition coefficient (Wildman–Crippen LogP) is 16.8. The van der Waals surface area contributed by atoms with Crippen LogP contribution in [0.5, 0.6) is 0 Å². The van der Waals surface area contributed by atoms with E-state index >= 15 is 0 Å². The van der Waals surface area contributed by atoms with Crippen LogP contribution in [0.3, 0.4) is 0 Å². The van der Waals surface area contributed by atoms with Crippen molar-refractivity contribution in [1.29, 1.82) is 0 Å². The van der Waals surface area contributed by atoms with Gasteiger partial charge in [0.25, 0.3) is 0 Å². The summed E-state index contributed by atoms with van der Waals surface area (Å²) in [6.07, 6.45) is 6.61. The van der Waals surface area contributed by atoms with E-state index in [1.54, 1.807) is 0 Å². The Morgan fingerprint density at radius 3 is 1.58 bits per heavy atom. The number of pyridine rings is 1. The van der Waals surface area contributed by atoms with Crippen LogP contribution in [0.4, 0.5) is 0 Å². The second-order valence-corrected chi connectivity index (χ2v) is 18.1. The molecule has 9 aromatic carbocycles. The molecule has 13 rings (SSSR count). The van der Waals surface area contributed by atoms with Crippen molar-refractivity contribution < 1.29 is 20.1 Å². The first kappa shape index (κ1) is 41.0. The van der Waals surface area contributed by atoms with E-state index in [0.29, 0.717) is 0 Å². The summed E-state index contributed by atoms with van der Waals surface area (Å²) in [4.78, 5) is 4.63. The number of nitrogens with zero attached hydrogens (tertiary/aromatic N) is 2. The van der Waals surface area contributed by atoms with E-state index in [1.165, 1.54) is 113 Å². The van der Waals surface area contributed by atoms with Gasteiger partial charge in [-0.2, -0.15) is 0 Å². The van der Waals surface area contributed by atoms with Crippen molar-refractivity contribution in [3.05, 3.63) is 242 Å². The fourth-order valence-corrected chi connectivity index (χ4v) is 11.5. The summed E-state index contributed by atoms with van der Waals surface area (Å²) in [5.74, 6) is 0. The molecule has 2 aliphatic carbocycles. The number of hydrogen-bond acceptors (Lipinski definition) is 1. The molecule has 0 unspecified atom stereocenters. The van der Waals surface area contributed by atoms with Gasteiger partial charge < -0.3 is 9.55 Å². The molecule has 0 N–H and O–H groups in total. The zero-order valence-corrected chi connectivity index (χ0v) is 39.3. The molecule has 11 aromatic rings. The minimum absolute atomic E-state index is 0. The first-order valence-electron chi connectivity index (χ1n) is 23.3. The zero-order chi connectivity index (χ0) is 43.6. The monoisotopic (exact) mass is 1030 g/mol. The Hall–Kier alpha value is -7.42. The maximum Gasteiger partial charge on any atom is 0.0541 e. The average Bonchev–Trinajstić information content (AvgIpc) is 4.10. The second-order valence-electron chi connectivity index (χ2n) is 18.1. The smallest absolute Gasteiger partial charge is 0.0541 e. The number of benzene rings is 9. The van der Waals surface area contributed by atoms with Crippen molar-refractivity contribution in [3.63, 3.8) is 0 Å². The van der Waals surface area contributed by atoms with Crippen LogP contribution in [0.1, 0.15) is 36.8 Å². The molecular formula is C64H45IrN2-. The van der Waals surface area contributed by atoms with Gasteiger partial charge in [-0.05, 0) is 139 Å². The van der Waals surface area contributed by atoms with E-state index in [9.17, 15) is 0 Å². The molecule has 2 aliphatic rings. The maximum atomic E-state index is 4.63. The molecule has 1 fully saturated rings. The third-order valence-corrected chi connectivity index (χ3v) is 14.5. The van der Waals surface area contributed by atoms with E-state index in [-0.39, 0.29) is 25.5 Å². The molecular weight excluding hydrogens is 989 g/mol. The van der Waals surface area contributed by atoms with Crippen LogP contribution < -0.4 is 0 Å². The van der Waals surface area contributed by atoms with Crippen molar-refractivity contribution >= 4 is 21.8 Å². The number of hydrogen-bond donors (Lipinski definition) is 0. The molecule has 0 aliphatic heterocycles. The molecule has 2 heterocycles. The molecule has 3 heteroatoms. The summed E-state index contributed by atoms with van der Waals surface area (Å²) in [5, 5.41) is 2.55. The number of aromatic nitrogens is 2. The Bertz CT molecular complexity index is 3590. The minimum atomic E-state index is -0.0378. The summed E-state index contributed by atoms with van der Waals surface area (Å²) < 4.78 is 2.43. The van der Waals surface area contributed by atoms with Crippen molar-refractivity contribution in [1.82, 2.24) is 9.55 Å². The number of fused-ring (bicyclic) bond motifs is 8. The van der Waals surface area contributed by atoms with Gasteiger partial charge in [0.2, 0.25) is 0 Å². The van der Waals surface area contributed by atoms with Crippen molar-refractivity contribution in [2.45, 2.75) is 31.1 Å². The minimum Gasteiger partial charge on any atom is -0.309 e. The third kappa shape index (κ3) is 6.84. The molecule has 321 valence electrons. The molecule has 67 heavy (non-hydrogen) atoms. The Morgan fingerprint density at radius 2 is 0.925 bits per heavy atom. The summed E-state index contributed by atoms with van der Waals surface area (Å²) in [6, 6.07) is 84.0. The van der Waals surface area contributed by atoms with Crippen molar-refractivity contribution in [2.24, 2.45) is 0 Å². The van der Waals surface area contributed by atoms with Crippen molar-refractivity contribution in [2.75, 3.05) is 0 Å². The van der Waals surface area contributed by atoms with Gasteiger partial charge in [-0.25, -0.2) is 0 Å². The van der Waals surface area contributed by atoms with Crippen molar-refractivity contribution in [3.8, 4) is 83.7 Å². The molecule has 1 radical (unpaired) electrons.